The van der Waals surface area contributed by atoms with Crippen molar-refractivity contribution in [3.63, 3.8) is 0 Å². The highest BCUT2D eigenvalue weighted by atomic mass is 32.1. The SMILES string of the molecule is CCc1csc(N2CCCN(CCCN)CC2)n1. The van der Waals surface area contributed by atoms with Crippen molar-refractivity contribution in [2.24, 2.45) is 5.73 Å². The molecule has 0 aliphatic carbocycles. The lowest BCUT2D eigenvalue weighted by molar-refractivity contribution is 0.291. The lowest BCUT2D eigenvalue weighted by atomic mass is 10.3. The number of aryl methyl sites for hydroxylation is 1. The molecule has 1 aliphatic heterocycles. The van der Waals surface area contributed by atoms with Crippen LogP contribution in [0.25, 0.3) is 0 Å². The molecular formula is C13H24N4S. The van der Waals surface area contributed by atoms with Gasteiger partial charge < -0.3 is 15.5 Å². The van der Waals surface area contributed by atoms with Gasteiger partial charge in [-0.05, 0) is 38.9 Å². The van der Waals surface area contributed by atoms with Gasteiger partial charge in [-0.2, -0.15) is 0 Å². The van der Waals surface area contributed by atoms with Crippen molar-refractivity contribution in [1.29, 1.82) is 0 Å². The summed E-state index contributed by atoms with van der Waals surface area (Å²) in [6, 6.07) is 0. The normalized spacial score (nSPS) is 18.0. The first-order valence-electron chi connectivity index (χ1n) is 6.95. The number of nitrogens with two attached hydrogens (primary N) is 1. The number of nitrogens with zero attached hydrogens (tertiary/aromatic N) is 3. The van der Waals surface area contributed by atoms with Crippen LogP contribution in [0.15, 0.2) is 5.38 Å². The van der Waals surface area contributed by atoms with Gasteiger partial charge in [0.25, 0.3) is 0 Å². The van der Waals surface area contributed by atoms with E-state index < -0.39 is 0 Å². The van der Waals surface area contributed by atoms with Crippen molar-refractivity contribution in [1.82, 2.24) is 9.88 Å². The molecule has 0 bridgehead atoms. The molecule has 2 heterocycles. The quantitative estimate of drug-likeness (QED) is 0.880. The van der Waals surface area contributed by atoms with Gasteiger partial charge in [0.05, 0.1) is 5.69 Å². The highest BCUT2D eigenvalue weighted by Crippen LogP contribution is 2.22. The molecular weight excluding hydrogens is 244 g/mol. The maximum Gasteiger partial charge on any atom is 0.185 e. The topological polar surface area (TPSA) is 45.4 Å². The third kappa shape index (κ3) is 3.67. The molecule has 0 radical (unpaired) electrons. The summed E-state index contributed by atoms with van der Waals surface area (Å²) in [5, 5.41) is 3.39. The zero-order chi connectivity index (χ0) is 12.8. The zero-order valence-electron chi connectivity index (χ0n) is 11.3. The molecule has 18 heavy (non-hydrogen) atoms. The molecule has 0 aromatic carbocycles. The van der Waals surface area contributed by atoms with Crippen molar-refractivity contribution in [2.45, 2.75) is 26.2 Å². The molecule has 1 fully saturated rings. The van der Waals surface area contributed by atoms with Crippen LogP contribution in [0.1, 0.15) is 25.5 Å². The first-order valence-corrected chi connectivity index (χ1v) is 7.83. The standard InChI is InChI=1S/C13H24N4S/c1-2-12-11-18-13(15-12)17-8-4-7-16(9-10-17)6-3-5-14/h11H,2-10,14H2,1H3. The van der Waals surface area contributed by atoms with E-state index in [2.05, 4.69) is 27.1 Å². The molecule has 0 unspecified atom stereocenters. The van der Waals surface area contributed by atoms with Crippen LogP contribution in [0.2, 0.25) is 0 Å². The minimum absolute atomic E-state index is 0.798. The molecule has 2 N–H and O–H groups in total. The van der Waals surface area contributed by atoms with Crippen molar-refractivity contribution >= 4 is 16.5 Å². The third-order valence-corrected chi connectivity index (χ3v) is 4.39. The van der Waals surface area contributed by atoms with Crippen molar-refractivity contribution < 1.29 is 0 Å². The van der Waals surface area contributed by atoms with E-state index in [4.69, 9.17) is 5.73 Å². The Morgan fingerprint density at radius 1 is 1.33 bits per heavy atom. The Kier molecular flexibility index (Phi) is 5.41. The van der Waals surface area contributed by atoms with Gasteiger partial charge in [-0.25, -0.2) is 4.98 Å². The summed E-state index contributed by atoms with van der Waals surface area (Å²) in [6.07, 6.45) is 3.37. The van der Waals surface area contributed by atoms with E-state index in [1.807, 2.05) is 0 Å². The van der Waals surface area contributed by atoms with Gasteiger partial charge in [0.2, 0.25) is 0 Å². The minimum atomic E-state index is 0.798. The van der Waals surface area contributed by atoms with Crippen LogP contribution < -0.4 is 10.6 Å². The number of hydrogen-bond acceptors (Lipinski definition) is 5. The maximum absolute atomic E-state index is 5.58. The van der Waals surface area contributed by atoms with Crippen molar-refractivity contribution in [2.75, 3.05) is 44.2 Å². The van der Waals surface area contributed by atoms with Gasteiger partial charge in [0, 0.05) is 25.0 Å². The second-order valence-electron chi connectivity index (χ2n) is 4.80. The summed E-state index contributed by atoms with van der Waals surface area (Å²) < 4.78 is 0. The average molecular weight is 268 g/mol. The van der Waals surface area contributed by atoms with Gasteiger partial charge in [-0.1, -0.05) is 6.92 Å². The third-order valence-electron chi connectivity index (χ3n) is 3.44. The first-order chi connectivity index (χ1) is 8.83. The van der Waals surface area contributed by atoms with Gasteiger partial charge in [0.1, 0.15) is 0 Å². The van der Waals surface area contributed by atoms with Gasteiger partial charge >= 0.3 is 0 Å². The van der Waals surface area contributed by atoms with E-state index in [9.17, 15) is 0 Å². The number of anilines is 1. The predicted octanol–water partition coefficient (Wildman–Crippen LogP) is 1.57. The van der Waals surface area contributed by atoms with Crippen LogP contribution >= 0.6 is 11.3 Å². The molecule has 1 aromatic rings. The summed E-state index contributed by atoms with van der Waals surface area (Å²) in [5.41, 5.74) is 6.80. The molecule has 2 rings (SSSR count). The second kappa shape index (κ2) is 7.07. The van der Waals surface area contributed by atoms with Crippen molar-refractivity contribution in [3.8, 4) is 0 Å². The smallest absolute Gasteiger partial charge is 0.185 e. The molecule has 1 aromatic heterocycles. The Morgan fingerprint density at radius 3 is 2.94 bits per heavy atom. The van der Waals surface area contributed by atoms with Crippen LogP contribution in [-0.2, 0) is 6.42 Å². The van der Waals surface area contributed by atoms with E-state index >= 15 is 0 Å². The Hall–Kier alpha value is -0.650. The lowest BCUT2D eigenvalue weighted by Gasteiger charge is -2.21. The molecule has 4 nitrogen and oxygen atoms in total. The van der Waals surface area contributed by atoms with Gasteiger partial charge in [-0.15, -0.1) is 11.3 Å². The monoisotopic (exact) mass is 268 g/mol. The van der Waals surface area contributed by atoms with Gasteiger partial charge in [-0.3, -0.25) is 0 Å². The van der Waals surface area contributed by atoms with E-state index in [-0.39, 0.29) is 0 Å². The van der Waals surface area contributed by atoms with Crippen LogP contribution in [0.3, 0.4) is 0 Å². The minimum Gasteiger partial charge on any atom is -0.347 e. The number of aromatic nitrogens is 1. The Bertz CT molecular complexity index is 353. The molecule has 0 saturated carbocycles. The van der Waals surface area contributed by atoms with Crippen LogP contribution in [0.4, 0.5) is 5.13 Å². The fourth-order valence-electron chi connectivity index (χ4n) is 2.30. The summed E-state index contributed by atoms with van der Waals surface area (Å²) in [4.78, 5) is 9.65. The molecule has 5 heteroatoms. The fraction of sp³-hybridized carbons (Fsp3) is 0.769. The molecule has 0 atom stereocenters. The Balaban J connectivity index is 1.88. The van der Waals surface area contributed by atoms with Crippen LogP contribution in [0, 0.1) is 0 Å². The molecule has 1 saturated heterocycles. The van der Waals surface area contributed by atoms with E-state index in [1.54, 1.807) is 11.3 Å². The highest BCUT2D eigenvalue weighted by Gasteiger charge is 2.16. The number of hydrogen-bond donors (Lipinski definition) is 1. The molecule has 102 valence electrons. The van der Waals surface area contributed by atoms with Crippen LogP contribution in [-0.4, -0.2) is 49.2 Å². The fourth-order valence-corrected chi connectivity index (χ4v) is 3.27. The summed E-state index contributed by atoms with van der Waals surface area (Å²) >= 11 is 1.79. The molecule has 0 amide bonds. The Labute approximate surface area is 114 Å². The summed E-state index contributed by atoms with van der Waals surface area (Å²) in [5.74, 6) is 0. The number of thiazole rings is 1. The first kappa shape index (κ1) is 13.8. The summed E-state index contributed by atoms with van der Waals surface area (Å²) in [6.45, 7) is 8.67. The second-order valence-corrected chi connectivity index (χ2v) is 5.64. The van der Waals surface area contributed by atoms with E-state index in [0.717, 1.165) is 45.6 Å². The van der Waals surface area contributed by atoms with Crippen molar-refractivity contribution in [3.05, 3.63) is 11.1 Å². The molecule has 0 spiro atoms. The maximum atomic E-state index is 5.58. The van der Waals surface area contributed by atoms with E-state index in [0.29, 0.717) is 0 Å². The predicted molar refractivity (Wildman–Crippen MR) is 78.4 cm³/mol. The average Bonchev–Trinajstić information content (AvgIpc) is 2.75. The number of rotatable bonds is 5. The Morgan fingerprint density at radius 2 is 2.22 bits per heavy atom. The molecule has 1 aliphatic rings. The lowest BCUT2D eigenvalue weighted by Crippen LogP contribution is -2.32. The highest BCUT2D eigenvalue weighted by molar-refractivity contribution is 7.13. The van der Waals surface area contributed by atoms with Crippen LogP contribution in [0.5, 0.6) is 0 Å². The zero-order valence-corrected chi connectivity index (χ0v) is 12.1. The summed E-state index contributed by atoms with van der Waals surface area (Å²) in [7, 11) is 0. The largest absolute Gasteiger partial charge is 0.347 e. The van der Waals surface area contributed by atoms with E-state index in [1.165, 1.54) is 23.8 Å². The van der Waals surface area contributed by atoms with Gasteiger partial charge in [0.15, 0.2) is 5.13 Å².